The largest absolute Gasteiger partial charge is 0.479 e. The number of thiazole rings is 1. The molecule has 1 aliphatic rings. The standard InChI is InChI=1S/C22H18N4O3S/c1-14-21(28)26(18-4-2-3-5-19(18)29-14)13-20(27)23-16-8-6-15(7-9-16)17-12-25-10-11-30-22(25)24-17/h2-12,14H,13H2,1H3,(H,23,27). The van der Waals surface area contributed by atoms with Gasteiger partial charge in [0.25, 0.3) is 5.91 Å². The topological polar surface area (TPSA) is 75.9 Å². The molecule has 2 aromatic carbocycles. The zero-order valence-electron chi connectivity index (χ0n) is 16.1. The van der Waals surface area contributed by atoms with Crippen LogP contribution in [-0.2, 0) is 9.59 Å². The summed E-state index contributed by atoms with van der Waals surface area (Å²) in [4.78, 5) is 32.1. The minimum Gasteiger partial charge on any atom is -0.479 e. The number of nitrogens with zero attached hydrogens (tertiary/aromatic N) is 3. The molecule has 3 heterocycles. The highest BCUT2D eigenvalue weighted by Crippen LogP contribution is 2.33. The molecule has 1 atom stereocenters. The number of fused-ring (bicyclic) bond motifs is 2. The molecule has 0 spiro atoms. The van der Waals surface area contributed by atoms with Crippen LogP contribution < -0.4 is 15.0 Å². The first-order chi connectivity index (χ1) is 14.6. The van der Waals surface area contributed by atoms with Gasteiger partial charge in [-0.3, -0.25) is 18.9 Å². The predicted molar refractivity (Wildman–Crippen MR) is 116 cm³/mol. The Balaban J connectivity index is 1.30. The molecule has 1 N–H and O–H groups in total. The third-order valence-electron chi connectivity index (χ3n) is 4.93. The van der Waals surface area contributed by atoms with Gasteiger partial charge >= 0.3 is 0 Å². The van der Waals surface area contributed by atoms with Crippen molar-refractivity contribution in [3.05, 3.63) is 66.3 Å². The summed E-state index contributed by atoms with van der Waals surface area (Å²) in [5.41, 5.74) is 3.11. The van der Waals surface area contributed by atoms with E-state index in [1.165, 1.54) is 4.90 Å². The maximum atomic E-state index is 12.6. The van der Waals surface area contributed by atoms with Gasteiger partial charge in [-0.1, -0.05) is 24.3 Å². The third kappa shape index (κ3) is 3.31. The maximum absolute atomic E-state index is 12.6. The number of nitrogens with one attached hydrogen (secondary N) is 1. The summed E-state index contributed by atoms with van der Waals surface area (Å²) >= 11 is 1.58. The van der Waals surface area contributed by atoms with E-state index in [1.54, 1.807) is 30.4 Å². The van der Waals surface area contributed by atoms with Crippen molar-refractivity contribution in [1.29, 1.82) is 0 Å². The van der Waals surface area contributed by atoms with Crippen LogP contribution >= 0.6 is 11.3 Å². The Morgan fingerprint density at radius 3 is 2.80 bits per heavy atom. The van der Waals surface area contributed by atoms with Gasteiger partial charge in [0.15, 0.2) is 11.1 Å². The maximum Gasteiger partial charge on any atom is 0.268 e. The molecule has 0 saturated carbocycles. The van der Waals surface area contributed by atoms with E-state index >= 15 is 0 Å². The van der Waals surface area contributed by atoms with E-state index in [1.807, 2.05) is 58.6 Å². The zero-order chi connectivity index (χ0) is 20.7. The number of hydrogen-bond acceptors (Lipinski definition) is 5. The number of para-hydroxylation sites is 2. The lowest BCUT2D eigenvalue weighted by atomic mass is 10.1. The van der Waals surface area contributed by atoms with Crippen LogP contribution in [0.2, 0.25) is 0 Å². The highest BCUT2D eigenvalue weighted by Gasteiger charge is 2.32. The Bertz CT molecular complexity index is 1220. The van der Waals surface area contributed by atoms with Crippen molar-refractivity contribution < 1.29 is 14.3 Å². The fourth-order valence-electron chi connectivity index (χ4n) is 3.46. The van der Waals surface area contributed by atoms with E-state index in [2.05, 4.69) is 10.3 Å². The molecule has 0 saturated heterocycles. The number of anilines is 2. The highest BCUT2D eigenvalue weighted by molar-refractivity contribution is 7.15. The van der Waals surface area contributed by atoms with Gasteiger partial charge in [0.2, 0.25) is 5.91 Å². The minimum absolute atomic E-state index is 0.0807. The number of imidazole rings is 1. The van der Waals surface area contributed by atoms with Crippen LogP contribution in [0, 0.1) is 0 Å². The second-order valence-corrected chi connectivity index (χ2v) is 7.87. The number of hydrogen-bond donors (Lipinski definition) is 1. The Labute approximate surface area is 176 Å². The van der Waals surface area contributed by atoms with Crippen molar-refractivity contribution in [2.45, 2.75) is 13.0 Å². The highest BCUT2D eigenvalue weighted by atomic mass is 32.1. The molecule has 0 aliphatic carbocycles. The fraction of sp³-hybridized carbons (Fsp3) is 0.136. The van der Waals surface area contributed by atoms with Crippen molar-refractivity contribution in [1.82, 2.24) is 9.38 Å². The second kappa shape index (κ2) is 7.31. The summed E-state index contributed by atoms with van der Waals surface area (Å²) in [7, 11) is 0. The molecule has 1 aliphatic heterocycles. The van der Waals surface area contributed by atoms with E-state index < -0.39 is 6.10 Å². The molecule has 0 bridgehead atoms. The van der Waals surface area contributed by atoms with Gasteiger partial charge in [-0.25, -0.2) is 4.98 Å². The van der Waals surface area contributed by atoms with Crippen molar-refractivity contribution in [2.75, 3.05) is 16.8 Å². The van der Waals surface area contributed by atoms with Crippen LogP contribution in [0.1, 0.15) is 6.92 Å². The monoisotopic (exact) mass is 418 g/mol. The quantitative estimate of drug-likeness (QED) is 0.547. The lowest BCUT2D eigenvalue weighted by Crippen LogP contribution is -2.47. The van der Waals surface area contributed by atoms with E-state index in [0.717, 1.165) is 16.2 Å². The van der Waals surface area contributed by atoms with Gasteiger partial charge < -0.3 is 10.1 Å². The average molecular weight is 418 g/mol. The van der Waals surface area contributed by atoms with Crippen molar-refractivity contribution in [2.24, 2.45) is 0 Å². The van der Waals surface area contributed by atoms with Crippen molar-refractivity contribution in [3.63, 3.8) is 0 Å². The molecule has 150 valence electrons. The predicted octanol–water partition coefficient (Wildman–Crippen LogP) is 3.82. The van der Waals surface area contributed by atoms with Crippen LogP contribution in [0.15, 0.2) is 66.3 Å². The molecule has 4 aromatic rings. The first-order valence-electron chi connectivity index (χ1n) is 9.48. The molecule has 5 rings (SSSR count). The van der Waals surface area contributed by atoms with Crippen LogP contribution in [0.25, 0.3) is 16.2 Å². The van der Waals surface area contributed by atoms with Gasteiger partial charge in [0.05, 0.1) is 11.4 Å². The molecular weight excluding hydrogens is 400 g/mol. The summed E-state index contributed by atoms with van der Waals surface area (Å²) in [5.74, 6) is 0.0863. The molecule has 0 radical (unpaired) electrons. The minimum atomic E-state index is -0.628. The fourth-order valence-corrected chi connectivity index (χ4v) is 4.16. The van der Waals surface area contributed by atoms with E-state index in [4.69, 9.17) is 4.74 Å². The molecule has 2 aromatic heterocycles. The van der Waals surface area contributed by atoms with Gasteiger partial charge in [0, 0.05) is 29.0 Å². The summed E-state index contributed by atoms with van der Waals surface area (Å²) < 4.78 is 7.60. The Hall–Kier alpha value is -3.65. The average Bonchev–Trinajstić information content (AvgIpc) is 3.34. The molecule has 0 fully saturated rings. The van der Waals surface area contributed by atoms with E-state index in [9.17, 15) is 9.59 Å². The van der Waals surface area contributed by atoms with Crippen molar-refractivity contribution in [3.8, 4) is 17.0 Å². The lowest BCUT2D eigenvalue weighted by Gasteiger charge is -2.32. The number of carbonyl (C=O) groups excluding carboxylic acids is 2. The number of amides is 2. The first kappa shape index (κ1) is 18.4. The Morgan fingerprint density at radius 1 is 1.20 bits per heavy atom. The van der Waals surface area contributed by atoms with Crippen LogP contribution in [0.3, 0.4) is 0 Å². The molecule has 30 heavy (non-hydrogen) atoms. The van der Waals surface area contributed by atoms with Gasteiger partial charge in [-0.15, -0.1) is 11.3 Å². The van der Waals surface area contributed by atoms with Gasteiger partial charge in [-0.2, -0.15) is 0 Å². The normalized spacial score (nSPS) is 15.7. The third-order valence-corrected chi connectivity index (χ3v) is 5.70. The summed E-state index contributed by atoms with van der Waals surface area (Å²) in [5, 5.41) is 4.85. The smallest absolute Gasteiger partial charge is 0.268 e. The zero-order valence-corrected chi connectivity index (χ0v) is 16.9. The van der Waals surface area contributed by atoms with E-state index in [0.29, 0.717) is 17.1 Å². The number of benzene rings is 2. The van der Waals surface area contributed by atoms with Crippen molar-refractivity contribution >= 4 is 39.5 Å². The molecule has 8 heteroatoms. The Morgan fingerprint density at radius 2 is 2.00 bits per heavy atom. The van der Waals surface area contributed by atoms with E-state index in [-0.39, 0.29) is 18.4 Å². The summed E-state index contributed by atoms with van der Waals surface area (Å²) in [6.45, 7) is 1.60. The first-order valence-corrected chi connectivity index (χ1v) is 10.4. The van der Waals surface area contributed by atoms with Crippen LogP contribution in [-0.4, -0.2) is 33.8 Å². The molecular formula is C22H18N4O3S. The number of aromatic nitrogens is 2. The second-order valence-electron chi connectivity index (χ2n) is 7.00. The van der Waals surface area contributed by atoms with Crippen LogP contribution in [0.4, 0.5) is 11.4 Å². The lowest BCUT2D eigenvalue weighted by molar-refractivity contribution is -0.127. The Kier molecular flexibility index (Phi) is 4.48. The number of rotatable bonds is 4. The summed E-state index contributed by atoms with van der Waals surface area (Å²) in [6, 6.07) is 14.7. The molecule has 1 unspecified atom stereocenters. The number of ether oxygens (including phenoxy) is 1. The van der Waals surface area contributed by atoms with Gasteiger partial charge in [-0.05, 0) is 31.2 Å². The number of carbonyl (C=O) groups is 2. The molecule has 7 nitrogen and oxygen atoms in total. The molecule has 2 amide bonds. The van der Waals surface area contributed by atoms with Crippen LogP contribution in [0.5, 0.6) is 5.75 Å². The summed E-state index contributed by atoms with van der Waals surface area (Å²) in [6.07, 6.45) is 3.32. The van der Waals surface area contributed by atoms with Gasteiger partial charge in [0.1, 0.15) is 12.3 Å². The SMILES string of the molecule is CC1Oc2ccccc2N(CC(=O)Nc2ccc(-c3cn4ccsc4n3)cc2)C1=O.